The molecule has 6 heteroatoms. The first-order valence-electron chi connectivity index (χ1n) is 6.10. The number of alkyl halides is 2. The first-order chi connectivity index (χ1) is 8.99. The molecule has 1 saturated heterocycles. The number of amides is 1. The van der Waals surface area contributed by atoms with Crippen LogP contribution in [0, 0.1) is 0 Å². The number of likely N-dealkylation sites (tertiary alicyclic amines) is 1. The van der Waals surface area contributed by atoms with Crippen molar-refractivity contribution in [3.63, 3.8) is 0 Å². The number of nitrogens with two attached hydrogens (primary N) is 1. The fraction of sp³-hybridized carbons (Fsp3) is 0.462. The number of ether oxygens (including phenoxy) is 1. The zero-order valence-electron chi connectivity index (χ0n) is 10.6. The largest absolute Gasteiger partial charge is 0.435 e. The van der Waals surface area contributed by atoms with E-state index in [1.54, 1.807) is 11.0 Å². The average molecular weight is 270 g/mol. The highest BCUT2D eigenvalue weighted by molar-refractivity contribution is 5.95. The molecule has 2 rings (SSSR count). The standard InChI is InChI=1S/C13H16F2N2O2/c1-8-11(16)5-6-17(8)12(18)9-3-2-4-10(7-9)19-13(14)15/h2-4,7-8,11,13H,5-6,16H2,1H3. The monoisotopic (exact) mass is 270 g/mol. The molecule has 19 heavy (non-hydrogen) atoms. The van der Waals surface area contributed by atoms with E-state index in [0.717, 1.165) is 6.42 Å². The van der Waals surface area contributed by atoms with Gasteiger partial charge in [-0.05, 0) is 31.5 Å². The van der Waals surface area contributed by atoms with Crippen molar-refractivity contribution in [2.45, 2.75) is 32.0 Å². The SMILES string of the molecule is CC1C(N)CCN1C(=O)c1cccc(OC(F)F)c1. The van der Waals surface area contributed by atoms with Crippen molar-refractivity contribution in [2.75, 3.05) is 6.54 Å². The maximum absolute atomic E-state index is 12.3. The average Bonchev–Trinajstić information content (AvgIpc) is 2.69. The predicted molar refractivity (Wildman–Crippen MR) is 66.2 cm³/mol. The van der Waals surface area contributed by atoms with Crippen LogP contribution in [0.2, 0.25) is 0 Å². The van der Waals surface area contributed by atoms with Crippen molar-refractivity contribution < 1.29 is 18.3 Å². The highest BCUT2D eigenvalue weighted by Gasteiger charge is 2.31. The van der Waals surface area contributed by atoms with Gasteiger partial charge in [-0.3, -0.25) is 4.79 Å². The lowest BCUT2D eigenvalue weighted by atomic mass is 10.1. The number of benzene rings is 1. The van der Waals surface area contributed by atoms with Crippen molar-refractivity contribution in [1.29, 1.82) is 0 Å². The second kappa shape index (κ2) is 5.52. The van der Waals surface area contributed by atoms with E-state index in [-0.39, 0.29) is 23.7 Å². The van der Waals surface area contributed by atoms with Crippen LogP contribution in [0.15, 0.2) is 24.3 Å². The molecule has 0 aromatic heterocycles. The summed E-state index contributed by atoms with van der Waals surface area (Å²) in [6.07, 6.45) is 0.750. The van der Waals surface area contributed by atoms with Crippen molar-refractivity contribution in [1.82, 2.24) is 4.90 Å². The minimum absolute atomic E-state index is 0.0167. The van der Waals surface area contributed by atoms with Crippen molar-refractivity contribution >= 4 is 5.91 Å². The molecule has 2 unspecified atom stereocenters. The van der Waals surface area contributed by atoms with E-state index in [9.17, 15) is 13.6 Å². The molecule has 1 aliphatic heterocycles. The zero-order valence-corrected chi connectivity index (χ0v) is 10.6. The smallest absolute Gasteiger partial charge is 0.387 e. The third kappa shape index (κ3) is 3.01. The van der Waals surface area contributed by atoms with Gasteiger partial charge in [0.1, 0.15) is 5.75 Å². The minimum Gasteiger partial charge on any atom is -0.435 e. The maximum Gasteiger partial charge on any atom is 0.387 e. The second-order valence-corrected chi connectivity index (χ2v) is 4.60. The lowest BCUT2D eigenvalue weighted by Crippen LogP contribution is -2.40. The molecule has 0 aliphatic carbocycles. The fourth-order valence-electron chi connectivity index (χ4n) is 2.22. The number of nitrogens with zero attached hydrogens (tertiary/aromatic N) is 1. The summed E-state index contributed by atoms with van der Waals surface area (Å²) in [6.45, 7) is -0.430. The van der Waals surface area contributed by atoms with Crippen molar-refractivity contribution in [2.24, 2.45) is 5.73 Å². The molecule has 0 radical (unpaired) electrons. The number of carbonyl (C=O) groups excluding carboxylic acids is 1. The number of halogens is 2. The molecule has 1 amide bonds. The van der Waals surface area contributed by atoms with Crippen LogP contribution in [0.25, 0.3) is 0 Å². The lowest BCUT2D eigenvalue weighted by Gasteiger charge is -2.23. The first-order valence-corrected chi connectivity index (χ1v) is 6.10. The summed E-state index contributed by atoms with van der Waals surface area (Å²) in [6, 6.07) is 5.73. The molecule has 1 heterocycles. The third-order valence-corrected chi connectivity index (χ3v) is 3.38. The first kappa shape index (κ1) is 13.7. The van der Waals surface area contributed by atoms with Gasteiger partial charge in [0.05, 0.1) is 0 Å². The summed E-state index contributed by atoms with van der Waals surface area (Å²) in [4.78, 5) is 13.9. The van der Waals surface area contributed by atoms with E-state index in [0.29, 0.717) is 12.1 Å². The van der Waals surface area contributed by atoms with Gasteiger partial charge in [-0.2, -0.15) is 8.78 Å². The molecule has 1 aliphatic rings. The van der Waals surface area contributed by atoms with E-state index < -0.39 is 6.61 Å². The Bertz CT molecular complexity index is 468. The van der Waals surface area contributed by atoms with Gasteiger partial charge in [0.25, 0.3) is 5.91 Å². The van der Waals surface area contributed by atoms with Crippen LogP contribution in [0.5, 0.6) is 5.75 Å². The van der Waals surface area contributed by atoms with Gasteiger partial charge < -0.3 is 15.4 Å². The Morgan fingerprint density at radius 3 is 2.84 bits per heavy atom. The van der Waals surface area contributed by atoms with E-state index in [1.165, 1.54) is 18.2 Å². The van der Waals surface area contributed by atoms with Crippen LogP contribution in [-0.4, -0.2) is 36.0 Å². The molecular formula is C13H16F2N2O2. The van der Waals surface area contributed by atoms with E-state index in [1.807, 2.05) is 6.92 Å². The van der Waals surface area contributed by atoms with Crippen LogP contribution in [0.4, 0.5) is 8.78 Å². The quantitative estimate of drug-likeness (QED) is 0.912. The van der Waals surface area contributed by atoms with Gasteiger partial charge in [-0.25, -0.2) is 0 Å². The summed E-state index contributed by atoms with van der Waals surface area (Å²) >= 11 is 0. The van der Waals surface area contributed by atoms with Gasteiger partial charge in [0, 0.05) is 24.2 Å². The molecule has 104 valence electrons. The van der Waals surface area contributed by atoms with E-state index >= 15 is 0 Å². The molecule has 2 N–H and O–H groups in total. The molecule has 0 spiro atoms. The second-order valence-electron chi connectivity index (χ2n) is 4.60. The summed E-state index contributed by atoms with van der Waals surface area (Å²) in [5.41, 5.74) is 6.20. The summed E-state index contributed by atoms with van der Waals surface area (Å²) < 4.78 is 28.6. The highest BCUT2D eigenvalue weighted by atomic mass is 19.3. The van der Waals surface area contributed by atoms with Crippen LogP contribution in [0.1, 0.15) is 23.7 Å². The fourth-order valence-corrected chi connectivity index (χ4v) is 2.22. The summed E-state index contributed by atoms with van der Waals surface area (Å²) in [7, 11) is 0. The van der Waals surface area contributed by atoms with E-state index in [2.05, 4.69) is 4.74 Å². The number of rotatable bonds is 3. The predicted octanol–water partition coefficient (Wildman–Crippen LogP) is 1.85. The normalized spacial score (nSPS) is 22.9. The summed E-state index contributed by atoms with van der Waals surface area (Å²) in [5, 5.41) is 0. The van der Waals surface area contributed by atoms with Crippen LogP contribution < -0.4 is 10.5 Å². The molecule has 1 aromatic carbocycles. The highest BCUT2D eigenvalue weighted by Crippen LogP contribution is 2.22. The Morgan fingerprint density at radius 1 is 1.53 bits per heavy atom. The van der Waals surface area contributed by atoms with Gasteiger partial charge in [-0.1, -0.05) is 6.07 Å². The van der Waals surface area contributed by atoms with Crippen LogP contribution in [0.3, 0.4) is 0 Å². The summed E-state index contributed by atoms with van der Waals surface area (Å²) in [5.74, 6) is -0.225. The molecular weight excluding hydrogens is 254 g/mol. The Balaban J connectivity index is 2.15. The molecule has 4 nitrogen and oxygen atoms in total. The minimum atomic E-state index is -2.90. The van der Waals surface area contributed by atoms with Crippen LogP contribution >= 0.6 is 0 Å². The van der Waals surface area contributed by atoms with Crippen LogP contribution in [-0.2, 0) is 0 Å². The van der Waals surface area contributed by atoms with E-state index in [4.69, 9.17) is 5.73 Å². The number of hydrogen-bond acceptors (Lipinski definition) is 3. The zero-order chi connectivity index (χ0) is 14.0. The molecule has 2 atom stereocenters. The van der Waals surface area contributed by atoms with Crippen molar-refractivity contribution in [3.05, 3.63) is 29.8 Å². The lowest BCUT2D eigenvalue weighted by molar-refractivity contribution is -0.0499. The van der Waals surface area contributed by atoms with Gasteiger partial charge in [-0.15, -0.1) is 0 Å². The number of carbonyl (C=O) groups is 1. The molecule has 0 saturated carbocycles. The maximum atomic E-state index is 12.3. The molecule has 1 aromatic rings. The van der Waals surface area contributed by atoms with Gasteiger partial charge in [0.15, 0.2) is 0 Å². The Labute approximate surface area is 110 Å². The Hall–Kier alpha value is -1.69. The molecule has 1 fully saturated rings. The van der Waals surface area contributed by atoms with Gasteiger partial charge in [0.2, 0.25) is 0 Å². The van der Waals surface area contributed by atoms with Gasteiger partial charge >= 0.3 is 6.61 Å². The number of hydrogen-bond donors (Lipinski definition) is 1. The molecule has 0 bridgehead atoms. The van der Waals surface area contributed by atoms with Crippen molar-refractivity contribution in [3.8, 4) is 5.75 Å². The Morgan fingerprint density at radius 2 is 2.26 bits per heavy atom. The Kier molecular flexibility index (Phi) is 3.99. The third-order valence-electron chi connectivity index (χ3n) is 3.38. The topological polar surface area (TPSA) is 55.6 Å².